The molecule has 1 saturated carbocycles. The van der Waals surface area contributed by atoms with Gasteiger partial charge >= 0.3 is 0 Å². The van der Waals surface area contributed by atoms with Gasteiger partial charge in [0.25, 0.3) is 0 Å². The lowest BCUT2D eigenvalue weighted by atomic mass is 9.63. The number of aliphatic hydroxyl groups excluding tert-OH is 1. The first kappa shape index (κ1) is 11.2. The quantitative estimate of drug-likeness (QED) is 0.655. The SMILES string of the molecule is CC1=C[C@H]2[C@H](CC1)[C@H](O)CC[C@@H]2C(C)C. The molecule has 0 unspecified atom stereocenters. The molecule has 2 aliphatic carbocycles. The number of fused-ring (bicyclic) bond motifs is 1. The van der Waals surface area contributed by atoms with Gasteiger partial charge in [0, 0.05) is 0 Å². The van der Waals surface area contributed by atoms with Crippen molar-refractivity contribution >= 4 is 0 Å². The summed E-state index contributed by atoms with van der Waals surface area (Å²) < 4.78 is 0. The third kappa shape index (κ3) is 2.13. The van der Waals surface area contributed by atoms with E-state index in [-0.39, 0.29) is 6.10 Å². The van der Waals surface area contributed by atoms with Crippen LogP contribution in [0, 0.1) is 23.7 Å². The van der Waals surface area contributed by atoms with Crippen LogP contribution in [0.25, 0.3) is 0 Å². The summed E-state index contributed by atoms with van der Waals surface area (Å²) in [5, 5.41) is 10.1. The van der Waals surface area contributed by atoms with E-state index in [0.717, 1.165) is 18.3 Å². The Hall–Kier alpha value is -0.300. The summed E-state index contributed by atoms with van der Waals surface area (Å²) in [5.74, 6) is 2.76. The highest BCUT2D eigenvalue weighted by Gasteiger charge is 2.39. The number of allylic oxidation sites excluding steroid dienone is 2. The van der Waals surface area contributed by atoms with Crippen molar-refractivity contribution in [3.8, 4) is 0 Å². The van der Waals surface area contributed by atoms with Crippen LogP contribution < -0.4 is 0 Å². The minimum atomic E-state index is -0.0330. The van der Waals surface area contributed by atoms with Gasteiger partial charge in [-0.1, -0.05) is 25.5 Å². The molecule has 0 aromatic carbocycles. The summed E-state index contributed by atoms with van der Waals surface area (Å²) in [4.78, 5) is 0. The molecule has 1 N–H and O–H groups in total. The van der Waals surface area contributed by atoms with E-state index in [1.54, 1.807) is 0 Å². The summed E-state index contributed by atoms with van der Waals surface area (Å²) in [6.07, 6.45) is 7.07. The first-order valence-corrected chi connectivity index (χ1v) is 6.45. The summed E-state index contributed by atoms with van der Waals surface area (Å²) in [7, 11) is 0. The molecule has 4 atom stereocenters. The van der Waals surface area contributed by atoms with Crippen LogP contribution in [-0.2, 0) is 0 Å². The maximum absolute atomic E-state index is 10.1. The zero-order valence-corrected chi connectivity index (χ0v) is 10.2. The number of rotatable bonds is 1. The zero-order valence-electron chi connectivity index (χ0n) is 10.2. The standard InChI is InChI=1S/C14H24O/c1-9(2)11-6-7-14(15)12-5-4-10(3)8-13(11)12/h8-9,11-15H,4-7H2,1-3H3/t11-,12+,13-,14-/m1/s1. The summed E-state index contributed by atoms with van der Waals surface area (Å²) in [6, 6.07) is 0. The molecule has 0 aromatic heterocycles. The van der Waals surface area contributed by atoms with Crippen molar-refractivity contribution in [1.29, 1.82) is 0 Å². The summed E-state index contributed by atoms with van der Waals surface area (Å²) in [5.41, 5.74) is 1.54. The van der Waals surface area contributed by atoms with E-state index in [9.17, 15) is 5.11 Å². The molecule has 2 rings (SSSR count). The van der Waals surface area contributed by atoms with Crippen molar-refractivity contribution < 1.29 is 5.11 Å². The maximum atomic E-state index is 10.1. The van der Waals surface area contributed by atoms with Crippen LogP contribution in [0.15, 0.2) is 11.6 Å². The van der Waals surface area contributed by atoms with Crippen LogP contribution in [0.1, 0.15) is 46.5 Å². The Morgan fingerprint density at radius 3 is 2.67 bits per heavy atom. The normalized spacial score (nSPS) is 41.3. The lowest BCUT2D eigenvalue weighted by Gasteiger charge is -2.44. The van der Waals surface area contributed by atoms with E-state index < -0.39 is 0 Å². The fourth-order valence-corrected chi connectivity index (χ4v) is 3.56. The van der Waals surface area contributed by atoms with Crippen LogP contribution in [0.4, 0.5) is 0 Å². The Morgan fingerprint density at radius 1 is 1.27 bits per heavy atom. The summed E-state index contributed by atoms with van der Waals surface area (Å²) in [6.45, 7) is 6.91. The lowest BCUT2D eigenvalue weighted by molar-refractivity contribution is -0.000989. The van der Waals surface area contributed by atoms with E-state index in [4.69, 9.17) is 0 Å². The molecule has 0 radical (unpaired) electrons. The molecule has 0 aliphatic heterocycles. The second kappa shape index (κ2) is 4.29. The largest absolute Gasteiger partial charge is 0.393 e. The van der Waals surface area contributed by atoms with Crippen LogP contribution in [0.5, 0.6) is 0 Å². The predicted molar refractivity (Wildman–Crippen MR) is 63.5 cm³/mol. The fourth-order valence-electron chi connectivity index (χ4n) is 3.56. The lowest BCUT2D eigenvalue weighted by Crippen LogP contribution is -2.40. The van der Waals surface area contributed by atoms with E-state index in [1.807, 2.05) is 0 Å². The Morgan fingerprint density at radius 2 is 2.00 bits per heavy atom. The Balaban J connectivity index is 2.20. The van der Waals surface area contributed by atoms with E-state index >= 15 is 0 Å². The van der Waals surface area contributed by atoms with Crippen molar-refractivity contribution in [3.63, 3.8) is 0 Å². The molecule has 0 amide bonds. The number of hydrogen-bond acceptors (Lipinski definition) is 1. The molecule has 15 heavy (non-hydrogen) atoms. The Bertz CT molecular complexity index is 254. The molecule has 1 heteroatoms. The summed E-state index contributed by atoms with van der Waals surface area (Å²) >= 11 is 0. The number of hydrogen-bond donors (Lipinski definition) is 1. The third-order valence-electron chi connectivity index (χ3n) is 4.48. The minimum absolute atomic E-state index is 0.0330. The topological polar surface area (TPSA) is 20.2 Å². The highest BCUT2D eigenvalue weighted by molar-refractivity contribution is 5.11. The van der Waals surface area contributed by atoms with E-state index in [1.165, 1.54) is 24.8 Å². The minimum Gasteiger partial charge on any atom is -0.393 e. The van der Waals surface area contributed by atoms with Crippen molar-refractivity contribution in [3.05, 3.63) is 11.6 Å². The molecule has 0 aromatic rings. The zero-order chi connectivity index (χ0) is 11.0. The fraction of sp³-hybridized carbons (Fsp3) is 0.857. The molecular formula is C14H24O. The van der Waals surface area contributed by atoms with E-state index in [2.05, 4.69) is 26.8 Å². The van der Waals surface area contributed by atoms with Gasteiger partial charge in [0.15, 0.2) is 0 Å². The smallest absolute Gasteiger partial charge is 0.0574 e. The molecule has 0 heterocycles. The van der Waals surface area contributed by atoms with Crippen LogP contribution in [0.3, 0.4) is 0 Å². The molecule has 86 valence electrons. The monoisotopic (exact) mass is 208 g/mol. The molecule has 1 fully saturated rings. The second-order valence-corrected chi connectivity index (χ2v) is 5.85. The van der Waals surface area contributed by atoms with Crippen LogP contribution >= 0.6 is 0 Å². The molecule has 1 nitrogen and oxygen atoms in total. The third-order valence-corrected chi connectivity index (χ3v) is 4.48. The van der Waals surface area contributed by atoms with Gasteiger partial charge in [-0.25, -0.2) is 0 Å². The van der Waals surface area contributed by atoms with Crippen LogP contribution in [0.2, 0.25) is 0 Å². The van der Waals surface area contributed by atoms with Crippen LogP contribution in [-0.4, -0.2) is 11.2 Å². The van der Waals surface area contributed by atoms with Gasteiger partial charge in [-0.15, -0.1) is 0 Å². The average Bonchev–Trinajstić information content (AvgIpc) is 2.17. The first-order chi connectivity index (χ1) is 7.09. The molecule has 0 bridgehead atoms. The van der Waals surface area contributed by atoms with Gasteiger partial charge < -0.3 is 5.11 Å². The average molecular weight is 208 g/mol. The van der Waals surface area contributed by atoms with Crippen molar-refractivity contribution in [2.75, 3.05) is 0 Å². The van der Waals surface area contributed by atoms with Crippen molar-refractivity contribution in [2.24, 2.45) is 23.7 Å². The maximum Gasteiger partial charge on any atom is 0.0574 e. The molecule has 0 saturated heterocycles. The Labute approximate surface area is 93.6 Å². The predicted octanol–water partition coefficient (Wildman–Crippen LogP) is 3.39. The highest BCUT2D eigenvalue weighted by Crippen LogP contribution is 2.45. The highest BCUT2D eigenvalue weighted by atomic mass is 16.3. The van der Waals surface area contributed by atoms with Gasteiger partial charge in [-0.3, -0.25) is 0 Å². The molecular weight excluding hydrogens is 184 g/mol. The van der Waals surface area contributed by atoms with Gasteiger partial charge in [-0.2, -0.15) is 0 Å². The van der Waals surface area contributed by atoms with Gasteiger partial charge in [0.2, 0.25) is 0 Å². The second-order valence-electron chi connectivity index (χ2n) is 5.85. The molecule has 0 spiro atoms. The Kier molecular flexibility index (Phi) is 3.20. The van der Waals surface area contributed by atoms with Gasteiger partial charge in [0.05, 0.1) is 6.10 Å². The van der Waals surface area contributed by atoms with Gasteiger partial charge in [0.1, 0.15) is 0 Å². The number of aliphatic hydroxyl groups is 1. The first-order valence-electron chi connectivity index (χ1n) is 6.45. The molecule has 2 aliphatic rings. The van der Waals surface area contributed by atoms with Crippen molar-refractivity contribution in [1.82, 2.24) is 0 Å². The van der Waals surface area contributed by atoms with Gasteiger partial charge in [-0.05, 0) is 56.3 Å². The van der Waals surface area contributed by atoms with Crippen molar-refractivity contribution in [2.45, 2.75) is 52.6 Å². The van der Waals surface area contributed by atoms with E-state index in [0.29, 0.717) is 11.8 Å².